The number of nitrogens with zero attached hydrogens (tertiary/aromatic N) is 2. The normalized spacial score (nSPS) is 14.0. The lowest BCUT2D eigenvalue weighted by Gasteiger charge is -2.24. The Morgan fingerprint density at radius 1 is 1.00 bits per heavy atom. The third-order valence-electron chi connectivity index (χ3n) is 4.91. The van der Waals surface area contributed by atoms with E-state index in [2.05, 4.69) is 0 Å². The Balaban J connectivity index is 1.79. The summed E-state index contributed by atoms with van der Waals surface area (Å²) in [6, 6.07) is 13.2. The zero-order valence-electron chi connectivity index (χ0n) is 16.0. The maximum atomic E-state index is 13.0. The van der Waals surface area contributed by atoms with Crippen LogP contribution in [0.4, 0.5) is 5.69 Å². The van der Waals surface area contributed by atoms with E-state index in [-0.39, 0.29) is 37.1 Å². The predicted molar refractivity (Wildman–Crippen MR) is 104 cm³/mol. The summed E-state index contributed by atoms with van der Waals surface area (Å²) in [5.41, 5.74) is 4.50. The number of likely N-dealkylation sites (tertiary alicyclic amines) is 1. The van der Waals surface area contributed by atoms with Crippen molar-refractivity contribution in [1.82, 2.24) is 4.90 Å². The van der Waals surface area contributed by atoms with Gasteiger partial charge >= 0.3 is 0 Å². The maximum absolute atomic E-state index is 13.0. The lowest BCUT2D eigenvalue weighted by Crippen LogP contribution is -2.31. The Kier molecular flexibility index (Phi) is 5.40. The summed E-state index contributed by atoms with van der Waals surface area (Å²) in [4.78, 5) is 39.6. The largest absolute Gasteiger partial charge is 0.308 e. The molecule has 1 fully saturated rings. The summed E-state index contributed by atoms with van der Waals surface area (Å²) in [5.74, 6) is -0.328. The summed E-state index contributed by atoms with van der Waals surface area (Å²) in [5, 5.41) is 0. The van der Waals surface area contributed by atoms with Gasteiger partial charge in [-0.1, -0.05) is 24.3 Å². The number of hydrogen-bond donors (Lipinski definition) is 0. The van der Waals surface area contributed by atoms with Gasteiger partial charge in [-0.15, -0.1) is 0 Å². The first kappa shape index (κ1) is 18.8. The number of carbonyl (C=O) groups is 3. The molecule has 1 aliphatic rings. The van der Waals surface area contributed by atoms with E-state index in [1.165, 1.54) is 4.90 Å². The van der Waals surface area contributed by atoms with Gasteiger partial charge in [-0.25, -0.2) is 0 Å². The van der Waals surface area contributed by atoms with Crippen molar-refractivity contribution < 1.29 is 14.4 Å². The predicted octanol–water partition coefficient (Wildman–Crippen LogP) is 3.62. The molecule has 0 aromatic heterocycles. The third-order valence-corrected chi connectivity index (χ3v) is 4.91. The molecule has 5 heteroatoms. The third kappa shape index (κ3) is 3.92. The second kappa shape index (κ2) is 7.74. The zero-order chi connectivity index (χ0) is 19.6. The van der Waals surface area contributed by atoms with Crippen LogP contribution in [-0.2, 0) is 16.1 Å². The molecular weight excluding hydrogens is 340 g/mol. The average molecular weight is 364 g/mol. The number of rotatable bonds is 5. The highest BCUT2D eigenvalue weighted by Crippen LogP contribution is 2.24. The Bertz CT molecular complexity index is 871. The first-order chi connectivity index (χ1) is 12.9. The highest BCUT2D eigenvalue weighted by atomic mass is 16.2. The van der Waals surface area contributed by atoms with Gasteiger partial charge in [0.1, 0.15) is 0 Å². The monoisotopic (exact) mass is 364 g/mol. The molecule has 27 heavy (non-hydrogen) atoms. The molecule has 5 nitrogen and oxygen atoms in total. The Labute approximate surface area is 159 Å². The van der Waals surface area contributed by atoms with E-state index < -0.39 is 0 Å². The van der Waals surface area contributed by atoms with Crippen molar-refractivity contribution >= 4 is 23.4 Å². The van der Waals surface area contributed by atoms with Crippen molar-refractivity contribution in [3.63, 3.8) is 0 Å². The molecule has 3 amide bonds. The van der Waals surface area contributed by atoms with Crippen molar-refractivity contribution in [3.05, 3.63) is 64.7 Å². The van der Waals surface area contributed by atoms with Gasteiger partial charge in [-0.3, -0.25) is 19.3 Å². The van der Waals surface area contributed by atoms with Crippen LogP contribution in [0.25, 0.3) is 0 Å². The van der Waals surface area contributed by atoms with Crippen LogP contribution in [0.5, 0.6) is 0 Å². The van der Waals surface area contributed by atoms with Crippen LogP contribution in [0.2, 0.25) is 0 Å². The number of carbonyl (C=O) groups excluding carboxylic acids is 3. The van der Waals surface area contributed by atoms with Gasteiger partial charge in [-0.2, -0.15) is 0 Å². The second-order valence-corrected chi connectivity index (χ2v) is 6.91. The molecule has 1 saturated heterocycles. The number of amides is 3. The Morgan fingerprint density at radius 3 is 2.22 bits per heavy atom. The van der Waals surface area contributed by atoms with Gasteiger partial charge in [0, 0.05) is 30.6 Å². The molecule has 0 radical (unpaired) electrons. The van der Waals surface area contributed by atoms with Crippen molar-refractivity contribution in [2.24, 2.45) is 0 Å². The van der Waals surface area contributed by atoms with Crippen molar-refractivity contribution in [3.8, 4) is 0 Å². The van der Waals surface area contributed by atoms with Gasteiger partial charge in [-0.05, 0) is 55.7 Å². The van der Waals surface area contributed by atoms with E-state index in [1.54, 1.807) is 17.0 Å². The van der Waals surface area contributed by atoms with Gasteiger partial charge in [0.25, 0.3) is 5.91 Å². The number of hydrogen-bond acceptors (Lipinski definition) is 3. The summed E-state index contributed by atoms with van der Waals surface area (Å²) in [6.07, 6.45) is 0.577. The van der Waals surface area contributed by atoms with E-state index in [0.717, 1.165) is 22.4 Å². The minimum absolute atomic E-state index is 0.0638. The molecule has 1 aliphatic heterocycles. The molecular formula is C22H24N2O3. The van der Waals surface area contributed by atoms with Crippen molar-refractivity contribution in [2.75, 3.05) is 11.4 Å². The lowest BCUT2D eigenvalue weighted by molar-refractivity contribution is -0.139. The number of imide groups is 1. The fourth-order valence-corrected chi connectivity index (χ4v) is 3.32. The van der Waals surface area contributed by atoms with E-state index >= 15 is 0 Å². The lowest BCUT2D eigenvalue weighted by atomic mass is 10.1. The first-order valence-electron chi connectivity index (χ1n) is 9.22. The Morgan fingerprint density at radius 2 is 1.63 bits per heavy atom. The molecule has 1 heterocycles. The van der Waals surface area contributed by atoms with Crippen LogP contribution in [0.3, 0.4) is 0 Å². The minimum Gasteiger partial charge on any atom is -0.308 e. The fourth-order valence-electron chi connectivity index (χ4n) is 3.32. The SMILES string of the molecule is CCN(C(=O)c1ccc(CN2C(=O)CCC2=O)cc1)c1cc(C)ccc1C. The van der Waals surface area contributed by atoms with Crippen LogP contribution in [-0.4, -0.2) is 29.2 Å². The number of benzene rings is 2. The quantitative estimate of drug-likeness (QED) is 0.762. The van der Waals surface area contributed by atoms with E-state index in [0.29, 0.717) is 12.1 Å². The summed E-state index contributed by atoms with van der Waals surface area (Å²) >= 11 is 0. The average Bonchev–Trinajstić information content (AvgIpc) is 2.97. The summed E-state index contributed by atoms with van der Waals surface area (Å²) < 4.78 is 0. The molecule has 0 atom stereocenters. The summed E-state index contributed by atoms with van der Waals surface area (Å²) in [7, 11) is 0. The maximum Gasteiger partial charge on any atom is 0.258 e. The molecule has 2 aromatic rings. The molecule has 0 unspecified atom stereocenters. The topological polar surface area (TPSA) is 57.7 Å². The summed E-state index contributed by atoms with van der Waals surface area (Å²) in [6.45, 7) is 6.80. The highest BCUT2D eigenvalue weighted by Gasteiger charge is 2.28. The van der Waals surface area contributed by atoms with Gasteiger partial charge < -0.3 is 4.90 Å². The molecule has 0 spiro atoms. The second-order valence-electron chi connectivity index (χ2n) is 6.91. The van der Waals surface area contributed by atoms with E-state index in [9.17, 15) is 14.4 Å². The smallest absolute Gasteiger partial charge is 0.258 e. The van der Waals surface area contributed by atoms with Gasteiger partial charge in [0.2, 0.25) is 11.8 Å². The molecule has 2 aromatic carbocycles. The standard InChI is InChI=1S/C22H24N2O3/c1-4-23(19-13-15(2)5-6-16(19)3)22(27)18-9-7-17(8-10-18)14-24-20(25)11-12-21(24)26/h5-10,13H,4,11-12,14H2,1-3H3. The highest BCUT2D eigenvalue weighted by molar-refractivity contribution is 6.06. The molecule has 0 bridgehead atoms. The zero-order valence-corrected chi connectivity index (χ0v) is 16.0. The molecule has 140 valence electrons. The molecule has 0 N–H and O–H groups in total. The molecule has 0 aliphatic carbocycles. The fraction of sp³-hybridized carbons (Fsp3) is 0.318. The van der Waals surface area contributed by atoms with Crippen molar-refractivity contribution in [1.29, 1.82) is 0 Å². The Hall–Kier alpha value is -2.95. The van der Waals surface area contributed by atoms with E-state index in [1.807, 2.05) is 51.1 Å². The van der Waals surface area contributed by atoms with Crippen molar-refractivity contribution in [2.45, 2.75) is 40.2 Å². The first-order valence-corrected chi connectivity index (χ1v) is 9.22. The van der Waals surface area contributed by atoms with E-state index in [4.69, 9.17) is 0 Å². The van der Waals surface area contributed by atoms with Crippen LogP contribution in [0.1, 0.15) is 46.8 Å². The van der Waals surface area contributed by atoms with Crippen LogP contribution < -0.4 is 4.90 Å². The minimum atomic E-state index is -0.132. The number of aryl methyl sites for hydroxylation is 2. The molecule has 0 saturated carbocycles. The van der Waals surface area contributed by atoms with Crippen LogP contribution in [0.15, 0.2) is 42.5 Å². The van der Waals surface area contributed by atoms with Gasteiger partial charge in [0.15, 0.2) is 0 Å². The number of anilines is 1. The molecule has 3 rings (SSSR count). The van der Waals surface area contributed by atoms with Crippen LogP contribution in [0, 0.1) is 13.8 Å². The van der Waals surface area contributed by atoms with Gasteiger partial charge in [0.05, 0.1) is 6.54 Å². The van der Waals surface area contributed by atoms with Crippen LogP contribution >= 0.6 is 0 Å².